The first kappa shape index (κ1) is 14.8. The Morgan fingerprint density at radius 1 is 1.65 bits per heavy atom. The van der Waals surface area contributed by atoms with Gasteiger partial charge in [-0.2, -0.15) is 5.10 Å². The summed E-state index contributed by atoms with van der Waals surface area (Å²) in [6.07, 6.45) is 5.08. The minimum Gasteiger partial charge on any atom is -0.468 e. The predicted molar refractivity (Wildman–Crippen MR) is 75.9 cm³/mol. The van der Waals surface area contributed by atoms with Gasteiger partial charge in [0.2, 0.25) is 0 Å². The van der Waals surface area contributed by atoms with Crippen molar-refractivity contribution in [3.8, 4) is 0 Å². The first-order chi connectivity index (χ1) is 9.51. The summed E-state index contributed by atoms with van der Waals surface area (Å²) in [5, 5.41) is 7.17. The molecule has 0 spiro atoms. The van der Waals surface area contributed by atoms with Crippen molar-refractivity contribution in [2.45, 2.75) is 38.8 Å². The highest BCUT2D eigenvalue weighted by molar-refractivity contribution is 6.32. The van der Waals surface area contributed by atoms with Crippen molar-refractivity contribution in [1.82, 2.24) is 9.78 Å². The Balaban J connectivity index is 2.08. The van der Waals surface area contributed by atoms with E-state index in [0.717, 1.165) is 17.0 Å². The summed E-state index contributed by atoms with van der Waals surface area (Å²) in [4.78, 5) is 23.1. The fraction of sp³-hybridized carbons (Fsp3) is 0.615. The van der Waals surface area contributed by atoms with E-state index in [1.165, 1.54) is 26.1 Å². The molecule has 20 heavy (non-hydrogen) atoms. The lowest BCUT2D eigenvalue weighted by molar-refractivity contribution is -0.141. The SMILES string of the molecule is COC(=O)Cn1ncc(NC(C)CC2CC2)c(Cl)c1=O. The number of nitrogens with zero attached hydrogens (tertiary/aromatic N) is 2. The van der Waals surface area contributed by atoms with Crippen molar-refractivity contribution in [3.05, 3.63) is 21.6 Å². The Kier molecular flexibility index (Phi) is 4.65. The molecule has 1 N–H and O–H groups in total. The number of hydrogen-bond donors (Lipinski definition) is 1. The molecule has 0 amide bonds. The number of aromatic nitrogens is 2. The summed E-state index contributed by atoms with van der Waals surface area (Å²) in [6, 6.07) is 0.234. The van der Waals surface area contributed by atoms with Crippen molar-refractivity contribution < 1.29 is 9.53 Å². The van der Waals surface area contributed by atoms with Crippen LogP contribution in [0.3, 0.4) is 0 Å². The van der Waals surface area contributed by atoms with Crippen molar-refractivity contribution in [2.24, 2.45) is 5.92 Å². The molecule has 1 aliphatic carbocycles. The normalized spacial score (nSPS) is 15.8. The van der Waals surface area contributed by atoms with E-state index in [1.807, 2.05) is 0 Å². The summed E-state index contributed by atoms with van der Waals surface area (Å²) in [5.41, 5.74) is 0.00613. The van der Waals surface area contributed by atoms with Crippen molar-refractivity contribution in [3.63, 3.8) is 0 Å². The maximum atomic E-state index is 12.0. The van der Waals surface area contributed by atoms with E-state index in [2.05, 4.69) is 22.1 Å². The van der Waals surface area contributed by atoms with Gasteiger partial charge >= 0.3 is 5.97 Å². The van der Waals surface area contributed by atoms with Gasteiger partial charge in [0.15, 0.2) is 0 Å². The van der Waals surface area contributed by atoms with Gasteiger partial charge in [-0.05, 0) is 19.3 Å². The zero-order valence-corrected chi connectivity index (χ0v) is 12.3. The Bertz CT molecular complexity index is 554. The van der Waals surface area contributed by atoms with Crippen LogP contribution in [0.5, 0.6) is 0 Å². The number of methoxy groups -OCH3 is 1. The highest BCUT2D eigenvalue weighted by Crippen LogP contribution is 2.34. The number of carbonyl (C=O) groups is 1. The van der Waals surface area contributed by atoms with Gasteiger partial charge < -0.3 is 10.1 Å². The lowest BCUT2D eigenvalue weighted by Crippen LogP contribution is -2.29. The topological polar surface area (TPSA) is 73.2 Å². The molecule has 1 aromatic rings. The minimum atomic E-state index is -0.543. The van der Waals surface area contributed by atoms with Crippen LogP contribution in [-0.4, -0.2) is 28.9 Å². The maximum Gasteiger partial charge on any atom is 0.327 e. The first-order valence-electron chi connectivity index (χ1n) is 6.60. The van der Waals surface area contributed by atoms with Gasteiger partial charge in [-0.1, -0.05) is 24.4 Å². The maximum absolute atomic E-state index is 12.0. The molecule has 0 saturated heterocycles. The standard InChI is InChI=1S/C13H18ClN3O3/c1-8(5-9-3-4-9)16-10-6-15-17(7-11(18)20-2)13(19)12(10)14/h6,8-9,16H,3-5,7H2,1-2H3. The number of carbonyl (C=O) groups excluding carboxylic acids is 1. The van der Waals surface area contributed by atoms with Crippen LogP contribution in [0.4, 0.5) is 5.69 Å². The van der Waals surface area contributed by atoms with Crippen LogP contribution in [0.2, 0.25) is 5.02 Å². The number of ether oxygens (including phenoxy) is 1. The minimum absolute atomic E-state index is 0.0477. The number of esters is 1. The lowest BCUT2D eigenvalue weighted by Gasteiger charge is -2.16. The smallest absolute Gasteiger partial charge is 0.327 e. The van der Waals surface area contributed by atoms with Gasteiger partial charge in [-0.3, -0.25) is 9.59 Å². The number of nitrogens with one attached hydrogen (secondary N) is 1. The van der Waals surface area contributed by atoms with Gasteiger partial charge in [0.1, 0.15) is 11.6 Å². The lowest BCUT2D eigenvalue weighted by atomic mass is 10.1. The molecule has 1 atom stereocenters. The Labute approximate surface area is 122 Å². The van der Waals surface area contributed by atoms with E-state index < -0.39 is 11.5 Å². The monoisotopic (exact) mass is 299 g/mol. The van der Waals surface area contributed by atoms with E-state index in [-0.39, 0.29) is 17.6 Å². The van der Waals surface area contributed by atoms with Gasteiger partial charge in [0, 0.05) is 6.04 Å². The molecule has 1 fully saturated rings. The van der Waals surface area contributed by atoms with Crippen molar-refractivity contribution in [2.75, 3.05) is 12.4 Å². The van der Waals surface area contributed by atoms with Crippen LogP contribution in [0.25, 0.3) is 0 Å². The Hall–Kier alpha value is -1.56. The molecule has 0 bridgehead atoms. The molecular weight excluding hydrogens is 282 g/mol. The predicted octanol–water partition coefficient (Wildman–Crippen LogP) is 1.67. The molecule has 110 valence electrons. The number of halogens is 1. The quantitative estimate of drug-likeness (QED) is 0.809. The molecule has 2 rings (SSSR count). The average molecular weight is 300 g/mol. The third-order valence-corrected chi connectivity index (χ3v) is 3.64. The van der Waals surface area contributed by atoms with Gasteiger partial charge in [-0.15, -0.1) is 0 Å². The summed E-state index contributed by atoms with van der Waals surface area (Å²) >= 11 is 6.03. The molecule has 0 aromatic carbocycles. The molecule has 1 heterocycles. The summed E-state index contributed by atoms with van der Waals surface area (Å²) in [7, 11) is 1.25. The van der Waals surface area contributed by atoms with Crippen molar-refractivity contribution in [1.29, 1.82) is 0 Å². The zero-order chi connectivity index (χ0) is 14.7. The van der Waals surface area contributed by atoms with E-state index in [9.17, 15) is 9.59 Å². The number of hydrogen-bond acceptors (Lipinski definition) is 5. The molecule has 1 aromatic heterocycles. The van der Waals surface area contributed by atoms with Gasteiger partial charge in [-0.25, -0.2) is 4.68 Å². The summed E-state index contributed by atoms with van der Waals surface area (Å²) < 4.78 is 5.49. The second-order valence-corrected chi connectivity index (χ2v) is 5.51. The van der Waals surface area contributed by atoms with Gasteiger partial charge in [0.05, 0.1) is 19.0 Å². The molecule has 0 aliphatic heterocycles. The number of anilines is 1. The third kappa shape index (κ3) is 3.72. The average Bonchev–Trinajstić information content (AvgIpc) is 3.22. The highest BCUT2D eigenvalue weighted by Gasteiger charge is 2.24. The van der Waals surface area contributed by atoms with E-state index in [4.69, 9.17) is 11.6 Å². The van der Waals surface area contributed by atoms with E-state index >= 15 is 0 Å². The van der Waals surface area contributed by atoms with E-state index in [1.54, 1.807) is 0 Å². The Morgan fingerprint density at radius 3 is 2.95 bits per heavy atom. The molecule has 7 heteroatoms. The fourth-order valence-corrected chi connectivity index (χ4v) is 2.24. The van der Waals surface area contributed by atoms with Crippen LogP contribution in [0, 0.1) is 5.92 Å². The summed E-state index contributed by atoms with van der Waals surface area (Å²) in [5.74, 6) is 0.238. The molecule has 0 radical (unpaired) electrons. The Morgan fingerprint density at radius 2 is 2.35 bits per heavy atom. The first-order valence-corrected chi connectivity index (χ1v) is 6.98. The van der Waals surface area contributed by atoms with E-state index in [0.29, 0.717) is 5.69 Å². The van der Waals surface area contributed by atoms with Crippen LogP contribution >= 0.6 is 11.6 Å². The van der Waals surface area contributed by atoms with Crippen molar-refractivity contribution >= 4 is 23.3 Å². The second kappa shape index (κ2) is 6.26. The molecule has 6 nitrogen and oxygen atoms in total. The third-order valence-electron chi connectivity index (χ3n) is 3.28. The second-order valence-electron chi connectivity index (χ2n) is 5.14. The molecule has 1 unspecified atom stereocenters. The highest BCUT2D eigenvalue weighted by atomic mass is 35.5. The zero-order valence-electron chi connectivity index (χ0n) is 11.6. The summed E-state index contributed by atoms with van der Waals surface area (Å²) in [6.45, 7) is 1.81. The van der Waals surface area contributed by atoms with Crippen LogP contribution in [0.15, 0.2) is 11.0 Å². The largest absolute Gasteiger partial charge is 0.468 e. The number of rotatable bonds is 6. The molecule has 1 saturated carbocycles. The van der Waals surface area contributed by atoms with Gasteiger partial charge in [0.25, 0.3) is 5.56 Å². The van der Waals surface area contributed by atoms with Crippen LogP contribution in [-0.2, 0) is 16.1 Å². The fourth-order valence-electron chi connectivity index (χ4n) is 2.04. The van der Waals surface area contributed by atoms with Crippen LogP contribution < -0.4 is 10.9 Å². The molecular formula is C13H18ClN3O3. The van der Waals surface area contributed by atoms with Crippen LogP contribution in [0.1, 0.15) is 26.2 Å². The molecule has 1 aliphatic rings.